The minimum absolute atomic E-state index is 0.0120. The molecule has 0 bridgehead atoms. The van der Waals surface area contributed by atoms with Gasteiger partial charge in [-0.1, -0.05) is 39.0 Å². The van der Waals surface area contributed by atoms with Crippen molar-refractivity contribution in [2.75, 3.05) is 13.7 Å². The Morgan fingerprint density at radius 3 is 2.59 bits per heavy atom. The standard InChI is InChI=1S/C31H40N4O6/c1-18(2)35-22(13-14-32-35)25-27(41-17-20-16-19-10-7-8-11-21(19)33-28(20)39-6)24(31(3,4)5)26(30(37)38)34(25)29(36)23-12-9-15-40-23/h7-8,10-11,13-14,16,18,23-27H,9,12,15,17H2,1-6H3,(H,37,38)/t23-,24+,25-,26-,27-/m0/s1. The van der Waals surface area contributed by atoms with Gasteiger partial charge in [0, 0.05) is 35.7 Å². The van der Waals surface area contributed by atoms with E-state index in [4.69, 9.17) is 14.2 Å². The molecule has 2 fully saturated rings. The Hall–Kier alpha value is -3.50. The van der Waals surface area contributed by atoms with Crippen molar-refractivity contribution in [2.45, 2.75) is 84.4 Å². The predicted molar refractivity (Wildman–Crippen MR) is 152 cm³/mol. The number of rotatable bonds is 8. The summed E-state index contributed by atoms with van der Waals surface area (Å²) >= 11 is 0. The number of fused-ring (bicyclic) bond motifs is 1. The number of likely N-dealkylation sites (tertiary alicyclic amines) is 1. The van der Waals surface area contributed by atoms with Crippen molar-refractivity contribution < 1.29 is 28.9 Å². The first-order valence-corrected chi connectivity index (χ1v) is 14.3. The maximum absolute atomic E-state index is 14.1. The molecule has 2 aliphatic rings. The molecule has 220 valence electrons. The van der Waals surface area contributed by atoms with E-state index in [9.17, 15) is 14.7 Å². The number of para-hydroxylation sites is 1. The van der Waals surface area contributed by atoms with E-state index in [0.29, 0.717) is 18.9 Å². The first kappa shape index (κ1) is 29.0. The number of carbonyl (C=O) groups is 2. The average Bonchev–Trinajstić information content (AvgIpc) is 3.69. The lowest BCUT2D eigenvalue weighted by Gasteiger charge is -2.35. The summed E-state index contributed by atoms with van der Waals surface area (Å²) in [7, 11) is 1.57. The van der Waals surface area contributed by atoms with E-state index >= 15 is 0 Å². The van der Waals surface area contributed by atoms with E-state index in [-0.39, 0.29) is 18.6 Å². The number of carboxylic acid groups (broad SMARTS) is 1. The fraction of sp³-hybridized carbons (Fsp3) is 0.548. The van der Waals surface area contributed by atoms with E-state index in [1.54, 1.807) is 13.3 Å². The SMILES string of the molecule is COc1nc2ccccc2cc1CO[C@H]1[C@H](C(C)(C)C)[C@@H](C(=O)O)N(C(=O)[C@@H]2CCCO2)[C@H]1c1ccnn1C(C)C. The lowest BCUT2D eigenvalue weighted by Crippen LogP contribution is -2.50. The lowest BCUT2D eigenvalue weighted by molar-refractivity contribution is -0.156. The van der Waals surface area contributed by atoms with Gasteiger partial charge < -0.3 is 24.2 Å². The molecule has 10 heteroatoms. The number of amides is 1. The normalized spacial score (nSPS) is 24.9. The van der Waals surface area contributed by atoms with E-state index in [1.807, 2.05) is 75.7 Å². The van der Waals surface area contributed by atoms with Crippen molar-refractivity contribution in [2.24, 2.45) is 11.3 Å². The molecular formula is C31H40N4O6. The van der Waals surface area contributed by atoms with Gasteiger partial charge in [-0.25, -0.2) is 9.78 Å². The van der Waals surface area contributed by atoms with Gasteiger partial charge in [-0.3, -0.25) is 9.48 Å². The van der Waals surface area contributed by atoms with Gasteiger partial charge in [0.05, 0.1) is 31.0 Å². The fourth-order valence-corrected chi connectivity index (χ4v) is 6.44. The van der Waals surface area contributed by atoms with E-state index < -0.39 is 41.6 Å². The number of nitrogens with zero attached hydrogens (tertiary/aromatic N) is 4. The Kier molecular flexibility index (Phi) is 8.07. The number of pyridine rings is 1. The number of carbonyl (C=O) groups excluding carboxylic acids is 1. The van der Waals surface area contributed by atoms with Gasteiger partial charge in [-0.2, -0.15) is 5.10 Å². The second-order valence-electron chi connectivity index (χ2n) is 12.3. The minimum atomic E-state index is -1.12. The number of benzene rings is 1. The monoisotopic (exact) mass is 564 g/mol. The largest absolute Gasteiger partial charge is 0.481 e. The first-order chi connectivity index (χ1) is 19.5. The van der Waals surface area contributed by atoms with Gasteiger partial charge in [0.2, 0.25) is 5.88 Å². The van der Waals surface area contributed by atoms with Crippen LogP contribution >= 0.6 is 0 Å². The van der Waals surface area contributed by atoms with Crippen LogP contribution in [-0.4, -0.2) is 68.6 Å². The van der Waals surface area contributed by atoms with Gasteiger partial charge in [0.15, 0.2) is 0 Å². The van der Waals surface area contributed by atoms with Gasteiger partial charge >= 0.3 is 5.97 Å². The molecule has 10 nitrogen and oxygen atoms in total. The zero-order valence-electron chi connectivity index (χ0n) is 24.6. The number of aliphatic carboxylic acids is 1. The maximum atomic E-state index is 14.1. The van der Waals surface area contributed by atoms with Crippen LogP contribution in [0.1, 0.15) is 70.8 Å². The van der Waals surface area contributed by atoms with E-state index in [1.165, 1.54) is 4.90 Å². The molecule has 1 amide bonds. The molecule has 0 spiro atoms. The summed E-state index contributed by atoms with van der Waals surface area (Å²) in [6.07, 6.45) is 1.67. The fourth-order valence-electron chi connectivity index (χ4n) is 6.44. The van der Waals surface area contributed by atoms with Crippen molar-refractivity contribution in [1.82, 2.24) is 19.7 Å². The highest BCUT2D eigenvalue weighted by Crippen LogP contribution is 2.50. The number of ether oxygens (including phenoxy) is 3. The molecule has 2 aliphatic heterocycles. The molecule has 2 saturated heterocycles. The highest BCUT2D eigenvalue weighted by Gasteiger charge is 2.60. The molecule has 5 rings (SSSR count). The van der Waals surface area contributed by atoms with Gasteiger partial charge in [0.1, 0.15) is 18.2 Å². The number of carboxylic acids is 1. The molecule has 1 N–H and O–H groups in total. The highest BCUT2D eigenvalue weighted by atomic mass is 16.5. The highest BCUT2D eigenvalue weighted by molar-refractivity contribution is 5.88. The van der Waals surface area contributed by atoms with Crippen molar-refractivity contribution >= 4 is 22.8 Å². The van der Waals surface area contributed by atoms with Crippen LogP contribution in [0.5, 0.6) is 5.88 Å². The Balaban J connectivity index is 1.63. The summed E-state index contributed by atoms with van der Waals surface area (Å²) in [6, 6.07) is 9.79. The van der Waals surface area contributed by atoms with Crippen LogP contribution in [0.4, 0.5) is 0 Å². The molecule has 5 atom stereocenters. The Bertz CT molecular complexity index is 1410. The molecule has 0 unspecified atom stereocenters. The van der Waals surface area contributed by atoms with Crippen LogP contribution in [0, 0.1) is 11.3 Å². The topological polar surface area (TPSA) is 116 Å². The van der Waals surface area contributed by atoms with Crippen molar-refractivity contribution in [3.05, 3.63) is 53.9 Å². The predicted octanol–water partition coefficient (Wildman–Crippen LogP) is 4.78. The summed E-state index contributed by atoms with van der Waals surface area (Å²) in [5.41, 5.74) is 1.76. The Morgan fingerprint density at radius 2 is 1.95 bits per heavy atom. The van der Waals surface area contributed by atoms with Crippen LogP contribution in [0.3, 0.4) is 0 Å². The van der Waals surface area contributed by atoms with Crippen LogP contribution in [0.25, 0.3) is 10.9 Å². The minimum Gasteiger partial charge on any atom is -0.481 e. The third kappa shape index (κ3) is 5.42. The van der Waals surface area contributed by atoms with Crippen LogP contribution in [-0.2, 0) is 25.7 Å². The number of methoxy groups -OCH3 is 1. The average molecular weight is 565 g/mol. The van der Waals surface area contributed by atoms with Crippen LogP contribution in [0.15, 0.2) is 42.6 Å². The van der Waals surface area contributed by atoms with Gasteiger partial charge in [0.25, 0.3) is 5.91 Å². The number of hydrogen-bond acceptors (Lipinski definition) is 7. The van der Waals surface area contributed by atoms with E-state index in [2.05, 4.69) is 10.1 Å². The quantitative estimate of drug-likeness (QED) is 0.416. The molecular weight excluding hydrogens is 524 g/mol. The zero-order chi connectivity index (χ0) is 29.5. The van der Waals surface area contributed by atoms with Crippen molar-refractivity contribution in [1.29, 1.82) is 0 Å². The molecule has 3 aromatic rings. The Morgan fingerprint density at radius 1 is 1.20 bits per heavy atom. The van der Waals surface area contributed by atoms with Gasteiger partial charge in [-0.15, -0.1) is 0 Å². The lowest BCUT2D eigenvalue weighted by atomic mass is 9.74. The summed E-state index contributed by atoms with van der Waals surface area (Å²) in [5.74, 6) is -1.47. The summed E-state index contributed by atoms with van der Waals surface area (Å²) in [6.45, 7) is 10.6. The third-order valence-electron chi connectivity index (χ3n) is 8.20. The molecule has 0 saturated carbocycles. The molecule has 2 aromatic heterocycles. The molecule has 41 heavy (non-hydrogen) atoms. The number of hydrogen-bond donors (Lipinski definition) is 1. The third-order valence-corrected chi connectivity index (χ3v) is 8.20. The van der Waals surface area contributed by atoms with Crippen LogP contribution in [0.2, 0.25) is 0 Å². The molecule has 1 aromatic carbocycles. The first-order valence-electron chi connectivity index (χ1n) is 14.3. The van der Waals surface area contributed by atoms with Crippen molar-refractivity contribution in [3.63, 3.8) is 0 Å². The number of aromatic nitrogens is 3. The second-order valence-corrected chi connectivity index (χ2v) is 12.3. The van der Waals surface area contributed by atoms with Crippen molar-refractivity contribution in [3.8, 4) is 5.88 Å². The summed E-state index contributed by atoms with van der Waals surface area (Å²) in [4.78, 5) is 33.3. The van der Waals surface area contributed by atoms with Gasteiger partial charge in [-0.05, 0) is 50.3 Å². The zero-order valence-corrected chi connectivity index (χ0v) is 24.6. The molecule has 0 radical (unpaired) electrons. The smallest absolute Gasteiger partial charge is 0.326 e. The second kappa shape index (κ2) is 11.4. The molecule has 4 heterocycles. The molecule has 0 aliphatic carbocycles. The summed E-state index contributed by atoms with van der Waals surface area (Å²) in [5, 5.41) is 16.1. The maximum Gasteiger partial charge on any atom is 0.326 e. The summed E-state index contributed by atoms with van der Waals surface area (Å²) < 4.78 is 20.0. The van der Waals surface area contributed by atoms with Crippen LogP contribution < -0.4 is 4.74 Å². The van der Waals surface area contributed by atoms with E-state index in [0.717, 1.165) is 28.6 Å². The Labute approximate surface area is 240 Å².